The van der Waals surface area contributed by atoms with Gasteiger partial charge in [-0.15, -0.1) is 0 Å². The summed E-state index contributed by atoms with van der Waals surface area (Å²) in [6.45, 7) is 6.55. The van der Waals surface area contributed by atoms with Gasteiger partial charge in [0, 0.05) is 22.8 Å². The van der Waals surface area contributed by atoms with Crippen molar-refractivity contribution >= 4 is 25.6 Å². The number of ether oxygens (including phenoxy) is 1. The number of benzene rings is 1. The minimum Gasteiger partial charge on any atom is -0.496 e. The number of hydrogen-bond acceptors (Lipinski definition) is 4. The molecule has 0 saturated carbocycles. The van der Waals surface area contributed by atoms with Crippen molar-refractivity contribution in [3.05, 3.63) is 23.8 Å². The van der Waals surface area contributed by atoms with Crippen molar-refractivity contribution in [2.24, 2.45) is 5.41 Å². The third kappa shape index (κ3) is 5.93. The average Bonchev–Trinajstić information content (AvgIpc) is 2.34. The molecule has 0 atom stereocenters. The molecule has 0 aliphatic carbocycles. The fourth-order valence-corrected chi connectivity index (χ4v) is 2.45. The first-order valence-corrected chi connectivity index (χ1v) is 8.72. The zero-order valence-corrected chi connectivity index (χ0v) is 14.1. The summed E-state index contributed by atoms with van der Waals surface area (Å²) in [6, 6.07) is 4.19. The van der Waals surface area contributed by atoms with Gasteiger partial charge < -0.3 is 10.1 Å². The maximum Gasteiger partial charge on any atom is 0.261 e. The van der Waals surface area contributed by atoms with Crippen molar-refractivity contribution in [3.63, 3.8) is 0 Å². The third-order valence-corrected chi connectivity index (χ3v) is 4.05. The third-order valence-electron chi connectivity index (χ3n) is 2.70. The molecule has 0 unspecified atom stereocenters. The van der Waals surface area contributed by atoms with Crippen molar-refractivity contribution < 1.29 is 17.9 Å². The largest absolute Gasteiger partial charge is 0.496 e. The molecule has 0 bridgehead atoms. The summed E-state index contributed by atoms with van der Waals surface area (Å²) < 4.78 is 27.8. The van der Waals surface area contributed by atoms with Gasteiger partial charge in [0.15, 0.2) is 0 Å². The highest BCUT2D eigenvalue weighted by molar-refractivity contribution is 8.13. The molecule has 1 rings (SSSR count). The highest BCUT2D eigenvalue weighted by Gasteiger charge is 2.17. The van der Waals surface area contributed by atoms with Crippen molar-refractivity contribution in [1.29, 1.82) is 0 Å². The minimum atomic E-state index is -3.84. The van der Waals surface area contributed by atoms with Crippen LogP contribution in [0.1, 0.15) is 26.3 Å². The fourth-order valence-electron chi connectivity index (χ4n) is 1.64. The Kier molecular flexibility index (Phi) is 5.64. The Morgan fingerprint density at radius 3 is 2.43 bits per heavy atom. The van der Waals surface area contributed by atoms with Crippen LogP contribution in [-0.2, 0) is 20.3 Å². The molecule has 0 saturated heterocycles. The number of carbonyl (C=O) groups excluding carboxylic acids is 1. The zero-order valence-electron chi connectivity index (χ0n) is 12.6. The lowest BCUT2D eigenvalue weighted by Gasteiger charge is -2.19. The van der Waals surface area contributed by atoms with Gasteiger partial charge in [0.25, 0.3) is 9.05 Å². The molecule has 0 aliphatic rings. The Morgan fingerprint density at radius 1 is 1.33 bits per heavy atom. The quantitative estimate of drug-likeness (QED) is 0.839. The summed E-state index contributed by atoms with van der Waals surface area (Å²) in [5.74, 6) is 0.248. The molecule has 1 aromatic rings. The van der Waals surface area contributed by atoms with E-state index in [1.165, 1.54) is 25.3 Å². The van der Waals surface area contributed by atoms with Crippen molar-refractivity contribution in [3.8, 4) is 5.75 Å². The summed E-state index contributed by atoms with van der Waals surface area (Å²) >= 11 is 0. The summed E-state index contributed by atoms with van der Waals surface area (Å²) in [5, 5.41) is 2.80. The van der Waals surface area contributed by atoms with Crippen LogP contribution in [0.3, 0.4) is 0 Å². The molecule has 0 aromatic heterocycles. The molecule has 0 radical (unpaired) electrons. The van der Waals surface area contributed by atoms with Gasteiger partial charge in [0.1, 0.15) is 5.75 Å². The van der Waals surface area contributed by atoms with E-state index < -0.39 is 9.05 Å². The Balaban J connectivity index is 2.93. The molecule has 1 aromatic carbocycles. The maximum atomic E-state index is 11.9. The normalized spacial score (nSPS) is 12.0. The molecule has 5 nitrogen and oxygen atoms in total. The van der Waals surface area contributed by atoms with Gasteiger partial charge in [-0.25, -0.2) is 8.42 Å². The van der Waals surface area contributed by atoms with Crippen LogP contribution in [-0.4, -0.2) is 28.0 Å². The smallest absolute Gasteiger partial charge is 0.261 e. The van der Waals surface area contributed by atoms with E-state index in [1.54, 1.807) is 0 Å². The van der Waals surface area contributed by atoms with E-state index in [0.29, 0.717) is 17.9 Å². The van der Waals surface area contributed by atoms with Gasteiger partial charge >= 0.3 is 0 Å². The van der Waals surface area contributed by atoms with Gasteiger partial charge in [-0.1, -0.05) is 20.8 Å². The van der Waals surface area contributed by atoms with Crippen LogP contribution in [0.5, 0.6) is 5.75 Å². The van der Waals surface area contributed by atoms with Gasteiger partial charge in [-0.05, 0) is 23.6 Å². The summed E-state index contributed by atoms with van der Waals surface area (Å²) in [5.41, 5.74) is 0.451. The molecule has 0 aliphatic heterocycles. The number of amides is 1. The lowest BCUT2D eigenvalue weighted by Crippen LogP contribution is -2.33. The van der Waals surface area contributed by atoms with Crippen LogP contribution in [0, 0.1) is 5.41 Å². The molecule has 7 heteroatoms. The number of rotatable bonds is 5. The number of methoxy groups -OCH3 is 1. The first kappa shape index (κ1) is 17.8. The minimum absolute atomic E-state index is 0.0267. The van der Waals surface area contributed by atoms with Gasteiger partial charge in [-0.2, -0.15) is 0 Å². The number of hydrogen-bond donors (Lipinski definition) is 1. The molecule has 1 N–H and O–H groups in total. The maximum absolute atomic E-state index is 11.9. The SMILES string of the molecule is COc1ccc(S(=O)(=O)Cl)cc1CC(=O)NCC(C)(C)C. The number of carbonyl (C=O) groups is 1. The van der Waals surface area contributed by atoms with E-state index in [0.717, 1.165) is 0 Å². The Morgan fingerprint density at radius 2 is 1.95 bits per heavy atom. The van der Waals surface area contributed by atoms with Crippen LogP contribution in [0.2, 0.25) is 0 Å². The molecular weight excluding hydrogens is 314 g/mol. The number of nitrogens with one attached hydrogen (secondary N) is 1. The Hall–Kier alpha value is -1.27. The van der Waals surface area contributed by atoms with Crippen molar-refractivity contribution in [1.82, 2.24) is 5.32 Å². The van der Waals surface area contributed by atoms with Gasteiger partial charge in [0.05, 0.1) is 18.4 Å². The predicted octanol–water partition coefficient (Wildman–Crippen LogP) is 2.33. The second-order valence-corrected chi connectivity index (χ2v) is 8.49. The summed E-state index contributed by atoms with van der Waals surface area (Å²) in [6.07, 6.45) is 0.0273. The second kappa shape index (κ2) is 6.66. The van der Waals surface area contributed by atoms with E-state index in [9.17, 15) is 13.2 Å². The van der Waals surface area contributed by atoms with E-state index >= 15 is 0 Å². The van der Waals surface area contributed by atoms with Crippen molar-refractivity contribution in [2.45, 2.75) is 32.1 Å². The van der Waals surface area contributed by atoms with E-state index in [-0.39, 0.29) is 22.6 Å². The molecular formula is C14H20ClNO4S. The van der Waals surface area contributed by atoms with Gasteiger partial charge in [-0.3, -0.25) is 4.79 Å². The molecule has 0 spiro atoms. The van der Waals surface area contributed by atoms with Gasteiger partial charge in [0.2, 0.25) is 5.91 Å². The van der Waals surface area contributed by atoms with E-state index in [2.05, 4.69) is 5.32 Å². The molecule has 0 fully saturated rings. The molecule has 21 heavy (non-hydrogen) atoms. The average molecular weight is 334 g/mol. The van der Waals surface area contributed by atoms with Crippen LogP contribution in [0.15, 0.2) is 23.1 Å². The van der Waals surface area contributed by atoms with Crippen LogP contribution in [0.25, 0.3) is 0 Å². The van der Waals surface area contributed by atoms with Crippen LogP contribution < -0.4 is 10.1 Å². The zero-order chi connectivity index (χ0) is 16.3. The monoisotopic (exact) mass is 333 g/mol. The summed E-state index contributed by atoms with van der Waals surface area (Å²) in [4.78, 5) is 11.9. The first-order valence-electron chi connectivity index (χ1n) is 6.41. The van der Waals surface area contributed by atoms with E-state index in [4.69, 9.17) is 15.4 Å². The van der Waals surface area contributed by atoms with Crippen LogP contribution in [0.4, 0.5) is 0 Å². The topological polar surface area (TPSA) is 72.5 Å². The lowest BCUT2D eigenvalue weighted by molar-refractivity contribution is -0.120. The van der Waals surface area contributed by atoms with E-state index in [1.807, 2.05) is 20.8 Å². The number of halogens is 1. The Bertz CT molecular complexity index is 620. The van der Waals surface area contributed by atoms with Crippen LogP contribution >= 0.6 is 10.7 Å². The second-order valence-electron chi connectivity index (χ2n) is 5.93. The van der Waals surface area contributed by atoms with Crippen molar-refractivity contribution in [2.75, 3.05) is 13.7 Å². The standard InChI is InChI=1S/C14H20ClNO4S/c1-14(2,3)9-16-13(17)8-10-7-11(21(15,18)19)5-6-12(10)20-4/h5-7H,8-9H2,1-4H3,(H,16,17). The summed E-state index contributed by atoms with van der Waals surface area (Å²) in [7, 11) is 2.94. The molecule has 0 heterocycles. The highest BCUT2D eigenvalue weighted by Crippen LogP contribution is 2.25. The fraction of sp³-hybridized carbons (Fsp3) is 0.500. The molecule has 118 valence electrons. The highest BCUT2D eigenvalue weighted by atomic mass is 35.7. The lowest BCUT2D eigenvalue weighted by atomic mass is 9.97. The molecule has 1 amide bonds. The predicted molar refractivity (Wildman–Crippen MR) is 82.2 cm³/mol. The first-order chi connectivity index (χ1) is 9.53. The Labute approximate surface area is 130 Å².